The highest BCUT2D eigenvalue weighted by Gasteiger charge is 2.44. The molecular formula is C20H21FN2O3. The van der Waals surface area contributed by atoms with Gasteiger partial charge in [-0.05, 0) is 55.0 Å². The summed E-state index contributed by atoms with van der Waals surface area (Å²) in [6.45, 7) is 1.22. The molecule has 26 heavy (non-hydrogen) atoms. The zero-order valence-electron chi connectivity index (χ0n) is 14.4. The van der Waals surface area contributed by atoms with E-state index in [9.17, 15) is 14.0 Å². The van der Waals surface area contributed by atoms with E-state index in [2.05, 4.69) is 5.32 Å². The molecule has 1 aromatic heterocycles. The molecule has 1 saturated carbocycles. The van der Waals surface area contributed by atoms with E-state index in [4.69, 9.17) is 4.42 Å². The number of rotatable bonds is 4. The van der Waals surface area contributed by atoms with E-state index in [1.165, 1.54) is 18.4 Å². The van der Waals surface area contributed by atoms with Crippen LogP contribution in [0.4, 0.5) is 4.39 Å². The minimum absolute atomic E-state index is 0.0248. The molecule has 2 fully saturated rings. The first-order valence-corrected chi connectivity index (χ1v) is 9.00. The highest BCUT2D eigenvalue weighted by Crippen LogP contribution is 2.47. The van der Waals surface area contributed by atoms with Gasteiger partial charge >= 0.3 is 0 Å². The molecule has 1 saturated heterocycles. The van der Waals surface area contributed by atoms with Crippen LogP contribution >= 0.6 is 0 Å². The van der Waals surface area contributed by atoms with Gasteiger partial charge in [-0.3, -0.25) is 9.59 Å². The number of hydrogen-bond acceptors (Lipinski definition) is 3. The Bertz CT molecular complexity index is 780. The summed E-state index contributed by atoms with van der Waals surface area (Å²) in [5, 5.41) is 3.11. The van der Waals surface area contributed by atoms with Crippen LogP contribution < -0.4 is 5.32 Å². The lowest BCUT2D eigenvalue weighted by Gasteiger charge is -2.32. The SMILES string of the molecule is O=C(NC1CCN(C(=O)c2ccco2)CC1)C1CC1c1ccc(F)cc1. The number of furan rings is 1. The number of hydrogen-bond donors (Lipinski definition) is 1. The van der Waals surface area contributed by atoms with Gasteiger partial charge in [0, 0.05) is 25.0 Å². The Hall–Kier alpha value is -2.63. The van der Waals surface area contributed by atoms with Crippen molar-refractivity contribution in [3.05, 3.63) is 59.8 Å². The molecule has 2 atom stereocenters. The highest BCUT2D eigenvalue weighted by atomic mass is 19.1. The Kier molecular flexibility index (Phi) is 4.49. The maximum Gasteiger partial charge on any atom is 0.289 e. The second-order valence-corrected chi connectivity index (χ2v) is 7.05. The first-order chi connectivity index (χ1) is 12.6. The fourth-order valence-corrected chi connectivity index (χ4v) is 3.65. The Morgan fingerprint density at radius 3 is 2.50 bits per heavy atom. The summed E-state index contributed by atoms with van der Waals surface area (Å²) < 4.78 is 18.2. The second-order valence-electron chi connectivity index (χ2n) is 7.05. The van der Waals surface area contributed by atoms with E-state index in [0.717, 1.165) is 24.8 Å². The van der Waals surface area contributed by atoms with Crippen molar-refractivity contribution < 1.29 is 18.4 Å². The van der Waals surface area contributed by atoms with E-state index in [-0.39, 0.29) is 35.5 Å². The van der Waals surface area contributed by atoms with Gasteiger partial charge in [-0.1, -0.05) is 12.1 Å². The minimum Gasteiger partial charge on any atom is -0.459 e. The van der Waals surface area contributed by atoms with Crippen LogP contribution in [0.1, 0.15) is 41.3 Å². The van der Waals surface area contributed by atoms with Crippen molar-refractivity contribution in [1.29, 1.82) is 0 Å². The molecule has 0 bridgehead atoms. The van der Waals surface area contributed by atoms with Crippen molar-refractivity contribution in [2.75, 3.05) is 13.1 Å². The second kappa shape index (κ2) is 6.94. The maximum absolute atomic E-state index is 13.0. The van der Waals surface area contributed by atoms with Crippen LogP contribution in [0.2, 0.25) is 0 Å². The molecule has 2 unspecified atom stereocenters. The summed E-state index contributed by atoms with van der Waals surface area (Å²) in [7, 11) is 0. The molecule has 1 aromatic carbocycles. The minimum atomic E-state index is -0.258. The summed E-state index contributed by atoms with van der Waals surface area (Å²) >= 11 is 0. The normalized spacial score (nSPS) is 22.9. The van der Waals surface area contributed by atoms with E-state index in [1.54, 1.807) is 29.2 Å². The van der Waals surface area contributed by atoms with E-state index in [0.29, 0.717) is 18.8 Å². The van der Waals surface area contributed by atoms with Crippen molar-refractivity contribution in [3.8, 4) is 0 Å². The third-order valence-electron chi connectivity index (χ3n) is 5.29. The van der Waals surface area contributed by atoms with Gasteiger partial charge in [0.1, 0.15) is 5.82 Å². The fourth-order valence-electron chi connectivity index (χ4n) is 3.65. The predicted molar refractivity (Wildman–Crippen MR) is 93.0 cm³/mol. The maximum atomic E-state index is 13.0. The van der Waals surface area contributed by atoms with Crippen LogP contribution in [-0.4, -0.2) is 35.8 Å². The molecule has 2 aliphatic rings. The summed E-state index contributed by atoms with van der Waals surface area (Å²) in [6, 6.07) is 9.85. The quantitative estimate of drug-likeness (QED) is 0.916. The first-order valence-electron chi connectivity index (χ1n) is 9.00. The summed E-state index contributed by atoms with van der Waals surface area (Å²) in [5.41, 5.74) is 1.02. The van der Waals surface area contributed by atoms with Crippen LogP contribution in [0.25, 0.3) is 0 Å². The molecule has 1 aliphatic carbocycles. The van der Waals surface area contributed by atoms with Gasteiger partial charge < -0.3 is 14.6 Å². The fraction of sp³-hybridized carbons (Fsp3) is 0.400. The van der Waals surface area contributed by atoms with Crippen molar-refractivity contribution >= 4 is 11.8 Å². The van der Waals surface area contributed by atoms with E-state index < -0.39 is 0 Å². The molecular weight excluding hydrogens is 335 g/mol. The Morgan fingerprint density at radius 1 is 1.12 bits per heavy atom. The summed E-state index contributed by atoms with van der Waals surface area (Å²) in [5.74, 6) is 0.229. The smallest absolute Gasteiger partial charge is 0.289 e. The molecule has 136 valence electrons. The number of amides is 2. The van der Waals surface area contributed by atoms with E-state index >= 15 is 0 Å². The molecule has 0 spiro atoms. The molecule has 0 radical (unpaired) electrons. The predicted octanol–water partition coefficient (Wildman–Crippen LogP) is 2.94. The Labute approximate surface area is 151 Å². The molecule has 1 aliphatic heterocycles. The molecule has 6 heteroatoms. The van der Waals surface area contributed by atoms with Gasteiger partial charge in [0.2, 0.25) is 5.91 Å². The van der Waals surface area contributed by atoms with Gasteiger partial charge in [-0.15, -0.1) is 0 Å². The standard InChI is InChI=1S/C20H21FN2O3/c21-14-5-3-13(4-6-14)16-12-17(16)19(24)22-15-7-9-23(10-8-15)20(25)18-2-1-11-26-18/h1-6,11,15-17H,7-10,12H2,(H,22,24). The van der Waals surface area contributed by atoms with Crippen molar-refractivity contribution in [2.45, 2.75) is 31.2 Å². The number of halogens is 1. The topological polar surface area (TPSA) is 62.6 Å². The average Bonchev–Trinajstić information content (AvgIpc) is 3.27. The van der Waals surface area contributed by atoms with Gasteiger partial charge in [-0.25, -0.2) is 4.39 Å². The van der Waals surface area contributed by atoms with Crippen LogP contribution in [-0.2, 0) is 4.79 Å². The number of nitrogens with zero attached hydrogens (tertiary/aromatic N) is 1. The zero-order valence-corrected chi connectivity index (χ0v) is 14.4. The highest BCUT2D eigenvalue weighted by molar-refractivity contribution is 5.91. The molecule has 1 N–H and O–H groups in total. The number of nitrogens with one attached hydrogen (secondary N) is 1. The molecule has 2 heterocycles. The number of carbonyl (C=O) groups is 2. The van der Waals surface area contributed by atoms with Crippen molar-refractivity contribution in [1.82, 2.24) is 10.2 Å². The molecule has 2 amide bonds. The number of likely N-dealkylation sites (tertiary alicyclic amines) is 1. The lowest BCUT2D eigenvalue weighted by molar-refractivity contribution is -0.123. The van der Waals surface area contributed by atoms with Crippen molar-refractivity contribution in [2.24, 2.45) is 5.92 Å². The van der Waals surface area contributed by atoms with Gasteiger partial charge in [0.25, 0.3) is 5.91 Å². The lowest BCUT2D eigenvalue weighted by atomic mass is 10.0. The molecule has 5 nitrogen and oxygen atoms in total. The molecule has 4 rings (SSSR count). The Balaban J connectivity index is 1.25. The van der Waals surface area contributed by atoms with Crippen molar-refractivity contribution in [3.63, 3.8) is 0 Å². The van der Waals surface area contributed by atoms with Gasteiger partial charge in [0.15, 0.2) is 5.76 Å². The molecule has 2 aromatic rings. The Morgan fingerprint density at radius 2 is 1.85 bits per heavy atom. The largest absolute Gasteiger partial charge is 0.459 e. The van der Waals surface area contributed by atoms with Crippen LogP contribution in [0.5, 0.6) is 0 Å². The third kappa shape index (κ3) is 3.49. The number of benzene rings is 1. The van der Waals surface area contributed by atoms with E-state index in [1.807, 2.05) is 0 Å². The third-order valence-corrected chi connectivity index (χ3v) is 5.29. The lowest BCUT2D eigenvalue weighted by Crippen LogP contribution is -2.47. The van der Waals surface area contributed by atoms with Crippen LogP contribution in [0, 0.1) is 11.7 Å². The summed E-state index contributed by atoms with van der Waals surface area (Å²) in [4.78, 5) is 26.5. The average molecular weight is 356 g/mol. The monoisotopic (exact) mass is 356 g/mol. The first kappa shape index (κ1) is 16.8. The van der Waals surface area contributed by atoms with Gasteiger partial charge in [-0.2, -0.15) is 0 Å². The summed E-state index contributed by atoms with van der Waals surface area (Å²) in [6.07, 6.45) is 3.79. The van der Waals surface area contributed by atoms with Gasteiger partial charge in [0.05, 0.1) is 6.26 Å². The van der Waals surface area contributed by atoms with Crippen LogP contribution in [0.15, 0.2) is 47.1 Å². The number of carbonyl (C=O) groups excluding carboxylic acids is 2. The van der Waals surface area contributed by atoms with Crippen LogP contribution in [0.3, 0.4) is 0 Å². The zero-order chi connectivity index (χ0) is 18.1. The number of piperidine rings is 1.